The van der Waals surface area contributed by atoms with Crippen LogP contribution in [0.15, 0.2) is 24.3 Å². The molecule has 0 fully saturated rings. The Balaban J connectivity index is 1.87. The van der Waals surface area contributed by atoms with Gasteiger partial charge in [-0.1, -0.05) is 0 Å². The molecule has 2 aromatic rings. The maximum Gasteiger partial charge on any atom is 0.174 e. The van der Waals surface area contributed by atoms with Crippen molar-refractivity contribution in [2.75, 3.05) is 7.11 Å². The molecule has 1 atom stereocenters. The van der Waals surface area contributed by atoms with Crippen LogP contribution >= 0.6 is 0 Å². The summed E-state index contributed by atoms with van der Waals surface area (Å²) in [6.45, 7) is 5.56. The van der Waals surface area contributed by atoms with Gasteiger partial charge < -0.3 is 24.4 Å². The molecule has 0 unspecified atom stereocenters. The molecule has 2 aliphatic rings. The molecule has 28 heavy (non-hydrogen) atoms. The molecule has 146 valence electrons. The zero-order valence-corrected chi connectivity index (χ0v) is 16.2. The van der Waals surface area contributed by atoms with Gasteiger partial charge in [-0.25, -0.2) is 0 Å². The molecular weight excluding hydrogens is 360 g/mol. The summed E-state index contributed by atoms with van der Waals surface area (Å²) in [7, 11) is 1.49. The summed E-state index contributed by atoms with van der Waals surface area (Å²) in [5, 5.41) is 20.4. The third-order valence-corrected chi connectivity index (χ3v) is 5.14. The Kier molecular flexibility index (Phi) is 4.03. The maximum atomic E-state index is 12.9. The summed E-state index contributed by atoms with van der Waals surface area (Å²) >= 11 is 0. The number of hydrogen-bond acceptors (Lipinski definition) is 6. The number of benzene rings is 2. The Morgan fingerprint density at radius 2 is 1.96 bits per heavy atom. The van der Waals surface area contributed by atoms with Crippen LogP contribution in [-0.2, 0) is 0 Å². The van der Waals surface area contributed by atoms with Gasteiger partial charge in [-0.2, -0.15) is 0 Å². The van der Waals surface area contributed by atoms with Crippen LogP contribution in [0.1, 0.15) is 53.4 Å². The first-order valence-electron chi connectivity index (χ1n) is 9.06. The van der Waals surface area contributed by atoms with E-state index in [9.17, 15) is 15.0 Å². The summed E-state index contributed by atoms with van der Waals surface area (Å²) in [4.78, 5) is 12.9. The van der Waals surface area contributed by atoms with Gasteiger partial charge in [-0.05, 0) is 45.1 Å². The van der Waals surface area contributed by atoms with E-state index in [0.29, 0.717) is 33.9 Å². The average Bonchev–Trinajstić information content (AvgIpc) is 2.64. The van der Waals surface area contributed by atoms with Crippen LogP contribution in [-0.4, -0.2) is 28.7 Å². The molecule has 6 nitrogen and oxygen atoms in total. The van der Waals surface area contributed by atoms with Gasteiger partial charge in [-0.15, -0.1) is 0 Å². The number of hydrogen-bond donors (Lipinski definition) is 2. The predicted octanol–water partition coefficient (Wildman–Crippen LogP) is 4.31. The molecule has 0 saturated carbocycles. The van der Waals surface area contributed by atoms with Gasteiger partial charge in [0.15, 0.2) is 5.78 Å². The molecule has 2 aliphatic heterocycles. The Labute approximate surface area is 163 Å². The van der Waals surface area contributed by atoms with E-state index < -0.39 is 11.7 Å². The van der Waals surface area contributed by atoms with Gasteiger partial charge in [0.25, 0.3) is 0 Å². The van der Waals surface area contributed by atoms with E-state index in [4.69, 9.17) is 14.2 Å². The summed E-state index contributed by atoms with van der Waals surface area (Å²) in [6, 6.07) is 4.67. The number of ether oxygens (including phenoxy) is 3. The van der Waals surface area contributed by atoms with Gasteiger partial charge in [0.1, 0.15) is 46.0 Å². The predicted molar refractivity (Wildman–Crippen MR) is 104 cm³/mol. The van der Waals surface area contributed by atoms with E-state index in [-0.39, 0.29) is 29.3 Å². The quantitative estimate of drug-likeness (QED) is 0.805. The Morgan fingerprint density at radius 3 is 2.68 bits per heavy atom. The number of fused-ring (bicyclic) bond motifs is 3. The third kappa shape index (κ3) is 2.76. The van der Waals surface area contributed by atoms with Crippen molar-refractivity contribution in [1.29, 1.82) is 0 Å². The lowest BCUT2D eigenvalue weighted by Gasteiger charge is -2.34. The standard InChI is InChI=1S/C22H22O6/c1-11-19(25)18-15(24)10-17(13-6-5-12(23)9-16(13)26-4)27-21(18)14-7-8-22(2,3)28-20(11)14/h5-9,17,23,25H,10H2,1-4H3/t17-/m0/s1. The zero-order chi connectivity index (χ0) is 20.2. The monoisotopic (exact) mass is 382 g/mol. The van der Waals surface area contributed by atoms with Crippen molar-refractivity contribution in [3.8, 4) is 28.7 Å². The van der Waals surface area contributed by atoms with E-state index >= 15 is 0 Å². The van der Waals surface area contributed by atoms with E-state index in [2.05, 4.69) is 0 Å². The fraction of sp³-hybridized carbons (Fsp3) is 0.318. The molecule has 0 radical (unpaired) electrons. The van der Waals surface area contributed by atoms with Crippen molar-refractivity contribution in [3.05, 3.63) is 46.5 Å². The van der Waals surface area contributed by atoms with Crippen molar-refractivity contribution in [2.24, 2.45) is 0 Å². The minimum absolute atomic E-state index is 0.0516. The lowest BCUT2D eigenvalue weighted by molar-refractivity contribution is 0.0837. The fourth-order valence-corrected chi connectivity index (χ4v) is 3.68. The smallest absolute Gasteiger partial charge is 0.174 e. The van der Waals surface area contributed by atoms with Crippen LogP contribution in [0, 0.1) is 6.92 Å². The van der Waals surface area contributed by atoms with Crippen LogP contribution in [0.3, 0.4) is 0 Å². The molecule has 2 aromatic carbocycles. The Morgan fingerprint density at radius 1 is 1.21 bits per heavy atom. The van der Waals surface area contributed by atoms with E-state index in [1.807, 2.05) is 26.0 Å². The molecule has 2 heterocycles. The normalized spacial score (nSPS) is 19.3. The molecule has 6 heteroatoms. The lowest BCUT2D eigenvalue weighted by atomic mass is 9.89. The molecule has 0 spiro atoms. The van der Waals surface area contributed by atoms with Gasteiger partial charge in [0, 0.05) is 17.2 Å². The van der Waals surface area contributed by atoms with Crippen LogP contribution in [0.2, 0.25) is 0 Å². The Hall–Kier alpha value is -3.15. The number of methoxy groups -OCH3 is 1. The largest absolute Gasteiger partial charge is 0.508 e. The lowest BCUT2D eigenvalue weighted by Crippen LogP contribution is -2.29. The van der Waals surface area contributed by atoms with Gasteiger partial charge >= 0.3 is 0 Å². The summed E-state index contributed by atoms with van der Waals surface area (Å²) in [6.07, 6.45) is 3.21. The Bertz CT molecular complexity index is 1020. The maximum absolute atomic E-state index is 12.9. The SMILES string of the molecule is COc1cc(O)ccc1[C@@H]1CC(=O)c2c(O)c(C)c3c(c2O1)C=CC(C)(C)O3. The molecule has 0 bridgehead atoms. The van der Waals surface area contributed by atoms with Crippen LogP contribution in [0.5, 0.6) is 28.7 Å². The number of phenols is 2. The van der Waals surface area contributed by atoms with Gasteiger partial charge in [0.2, 0.25) is 0 Å². The van der Waals surface area contributed by atoms with E-state index in [0.717, 1.165) is 0 Å². The molecule has 2 N–H and O–H groups in total. The number of aromatic hydroxyl groups is 2. The van der Waals surface area contributed by atoms with Crippen molar-refractivity contribution < 1.29 is 29.2 Å². The third-order valence-electron chi connectivity index (χ3n) is 5.14. The first-order chi connectivity index (χ1) is 13.2. The highest BCUT2D eigenvalue weighted by Crippen LogP contribution is 2.51. The second-order valence-electron chi connectivity index (χ2n) is 7.62. The minimum Gasteiger partial charge on any atom is -0.508 e. The molecule has 0 aromatic heterocycles. The number of rotatable bonds is 2. The fourth-order valence-electron chi connectivity index (χ4n) is 3.68. The van der Waals surface area contributed by atoms with Crippen molar-refractivity contribution >= 4 is 11.9 Å². The molecule has 0 saturated heterocycles. The second kappa shape index (κ2) is 6.19. The number of phenolic OH excluding ortho intramolecular Hbond substituents is 2. The zero-order valence-electron chi connectivity index (χ0n) is 16.2. The van der Waals surface area contributed by atoms with Gasteiger partial charge in [-0.3, -0.25) is 4.79 Å². The summed E-state index contributed by atoms with van der Waals surface area (Å²) in [5.41, 5.74) is 1.45. The minimum atomic E-state index is -0.606. The first-order valence-corrected chi connectivity index (χ1v) is 9.06. The van der Waals surface area contributed by atoms with E-state index in [1.165, 1.54) is 19.2 Å². The number of carbonyl (C=O) groups is 1. The van der Waals surface area contributed by atoms with Crippen LogP contribution in [0.25, 0.3) is 6.08 Å². The highest BCUT2D eigenvalue weighted by Gasteiger charge is 2.38. The molecule has 0 amide bonds. The van der Waals surface area contributed by atoms with Crippen molar-refractivity contribution in [3.63, 3.8) is 0 Å². The summed E-state index contributed by atoms with van der Waals surface area (Å²) in [5.74, 6) is 0.979. The summed E-state index contributed by atoms with van der Waals surface area (Å²) < 4.78 is 17.6. The van der Waals surface area contributed by atoms with Crippen molar-refractivity contribution in [1.82, 2.24) is 0 Å². The molecule has 4 rings (SSSR count). The number of ketones is 1. The highest BCUT2D eigenvalue weighted by atomic mass is 16.5. The topological polar surface area (TPSA) is 85.2 Å². The number of Topliss-reactive ketones (excluding diaryl/α,β-unsaturated/α-hetero) is 1. The molecule has 0 aliphatic carbocycles. The average molecular weight is 382 g/mol. The van der Waals surface area contributed by atoms with Crippen molar-refractivity contribution in [2.45, 2.75) is 38.9 Å². The molecular formula is C22H22O6. The van der Waals surface area contributed by atoms with Gasteiger partial charge in [0.05, 0.1) is 19.1 Å². The number of carbonyl (C=O) groups excluding carboxylic acids is 1. The van der Waals surface area contributed by atoms with E-state index in [1.54, 1.807) is 13.0 Å². The second-order valence-corrected chi connectivity index (χ2v) is 7.62. The van der Waals surface area contributed by atoms with Crippen LogP contribution in [0.4, 0.5) is 0 Å². The first kappa shape index (κ1) is 18.2. The highest BCUT2D eigenvalue weighted by molar-refractivity contribution is 6.05. The van der Waals surface area contributed by atoms with Crippen LogP contribution < -0.4 is 14.2 Å².